The van der Waals surface area contributed by atoms with Crippen molar-refractivity contribution >= 4 is 23.6 Å². The third kappa shape index (κ3) is 6.92. The number of anilines is 2. The van der Waals surface area contributed by atoms with E-state index >= 15 is 0 Å². The van der Waals surface area contributed by atoms with Crippen LogP contribution in [0, 0.1) is 5.82 Å². The van der Waals surface area contributed by atoms with Gasteiger partial charge >= 0.3 is 6.18 Å². The number of ether oxygens (including phenoxy) is 2. The number of nitrogens with zero attached hydrogens (tertiary/aromatic N) is 2. The summed E-state index contributed by atoms with van der Waals surface area (Å²) in [6, 6.07) is 12.2. The van der Waals surface area contributed by atoms with Crippen molar-refractivity contribution in [1.29, 1.82) is 0 Å². The fraction of sp³-hybridized carbons (Fsp3) is 0.136. The number of rotatable bonds is 8. The maximum atomic E-state index is 12.9. The molecule has 0 atom stereocenters. The van der Waals surface area contributed by atoms with Crippen LogP contribution in [-0.4, -0.2) is 30.8 Å². The number of alkyl halides is 3. The van der Waals surface area contributed by atoms with Crippen LogP contribution in [0.3, 0.4) is 0 Å². The molecule has 2 aromatic carbocycles. The van der Waals surface area contributed by atoms with Gasteiger partial charge in [0.2, 0.25) is 0 Å². The average Bonchev–Trinajstić information content (AvgIpc) is 2.79. The summed E-state index contributed by atoms with van der Waals surface area (Å²) >= 11 is 0. The van der Waals surface area contributed by atoms with Crippen LogP contribution < -0.4 is 20.2 Å². The summed E-state index contributed by atoms with van der Waals surface area (Å²) in [5.74, 6) is -0.0771. The maximum absolute atomic E-state index is 12.9. The summed E-state index contributed by atoms with van der Waals surface area (Å²) in [6.45, 7) is -0.303. The van der Waals surface area contributed by atoms with E-state index in [9.17, 15) is 22.4 Å². The third-order valence-corrected chi connectivity index (χ3v) is 4.16. The molecule has 0 bridgehead atoms. The SMILES string of the molecule is COc1cc(/C=N\Nc2ccc(C(F)(F)F)cn2)ccc1OCC(=O)Nc1ccc(F)cc1. The standard InChI is InChI=1S/C22H18F4N4O3/c1-32-19-10-14(11-28-30-20-9-3-15(12-27-20)22(24,25)26)2-8-18(19)33-13-21(31)29-17-6-4-16(23)5-7-17/h2-12H,13H2,1H3,(H,27,30)(H,29,31)/b28-11-. The molecule has 0 aliphatic rings. The normalized spacial score (nSPS) is 11.3. The molecule has 0 aliphatic carbocycles. The molecule has 0 spiro atoms. The van der Waals surface area contributed by atoms with Crippen molar-refractivity contribution in [2.45, 2.75) is 6.18 Å². The Labute approximate surface area is 186 Å². The van der Waals surface area contributed by atoms with Crippen molar-refractivity contribution in [2.24, 2.45) is 5.10 Å². The number of nitrogens with one attached hydrogen (secondary N) is 2. The van der Waals surface area contributed by atoms with Crippen LogP contribution in [0.4, 0.5) is 29.1 Å². The number of methoxy groups -OCH3 is 1. The summed E-state index contributed by atoms with van der Waals surface area (Å²) < 4.78 is 61.3. The van der Waals surface area contributed by atoms with Crippen LogP contribution in [-0.2, 0) is 11.0 Å². The van der Waals surface area contributed by atoms with Crippen molar-refractivity contribution < 1.29 is 31.8 Å². The smallest absolute Gasteiger partial charge is 0.417 e. The summed E-state index contributed by atoms with van der Waals surface area (Å²) in [4.78, 5) is 15.7. The van der Waals surface area contributed by atoms with Crippen LogP contribution in [0.25, 0.3) is 0 Å². The van der Waals surface area contributed by atoms with Gasteiger partial charge in [-0.25, -0.2) is 9.37 Å². The number of carbonyl (C=O) groups is 1. The highest BCUT2D eigenvalue weighted by Gasteiger charge is 2.30. The zero-order valence-corrected chi connectivity index (χ0v) is 17.2. The maximum Gasteiger partial charge on any atom is 0.417 e. The minimum atomic E-state index is -4.46. The molecule has 0 saturated heterocycles. The van der Waals surface area contributed by atoms with E-state index in [0.29, 0.717) is 28.9 Å². The van der Waals surface area contributed by atoms with E-state index in [1.54, 1.807) is 18.2 Å². The van der Waals surface area contributed by atoms with E-state index in [1.165, 1.54) is 37.6 Å². The Bertz CT molecular complexity index is 1120. The average molecular weight is 462 g/mol. The predicted molar refractivity (Wildman–Crippen MR) is 114 cm³/mol. The summed E-state index contributed by atoms with van der Waals surface area (Å²) in [7, 11) is 1.42. The predicted octanol–water partition coefficient (Wildman–Crippen LogP) is 4.71. The molecular formula is C22H18F4N4O3. The molecule has 1 amide bonds. The van der Waals surface area contributed by atoms with Crippen molar-refractivity contribution in [3.05, 3.63) is 77.7 Å². The van der Waals surface area contributed by atoms with E-state index in [0.717, 1.165) is 12.1 Å². The number of benzene rings is 2. The van der Waals surface area contributed by atoms with Crippen LogP contribution in [0.15, 0.2) is 65.9 Å². The Hall–Kier alpha value is -4.15. The minimum Gasteiger partial charge on any atom is -0.493 e. The van der Waals surface area contributed by atoms with Crippen molar-refractivity contribution in [3.63, 3.8) is 0 Å². The second-order valence-electron chi connectivity index (χ2n) is 6.55. The zero-order valence-electron chi connectivity index (χ0n) is 17.2. The van der Waals surface area contributed by atoms with Crippen molar-refractivity contribution in [1.82, 2.24) is 4.98 Å². The van der Waals surface area contributed by atoms with Gasteiger partial charge in [-0.2, -0.15) is 18.3 Å². The van der Waals surface area contributed by atoms with Gasteiger partial charge in [-0.1, -0.05) is 0 Å². The first kappa shape index (κ1) is 23.5. The molecule has 0 unspecified atom stereocenters. The number of carbonyl (C=O) groups excluding carboxylic acids is 1. The Kier molecular flexibility index (Phi) is 7.44. The number of hydrazone groups is 1. The first-order valence-corrected chi connectivity index (χ1v) is 9.43. The lowest BCUT2D eigenvalue weighted by atomic mass is 10.2. The molecule has 1 heterocycles. The van der Waals surface area contributed by atoms with E-state index < -0.39 is 23.5 Å². The number of hydrogen-bond donors (Lipinski definition) is 2. The minimum absolute atomic E-state index is 0.137. The van der Waals surface area contributed by atoms with Gasteiger partial charge in [0.1, 0.15) is 11.6 Å². The topological polar surface area (TPSA) is 84.8 Å². The van der Waals surface area contributed by atoms with Gasteiger partial charge in [0.25, 0.3) is 5.91 Å². The molecule has 3 rings (SSSR count). The number of aromatic nitrogens is 1. The van der Waals surface area contributed by atoms with E-state index in [-0.39, 0.29) is 12.4 Å². The quantitative estimate of drug-likeness (QED) is 0.288. The van der Waals surface area contributed by atoms with E-state index in [2.05, 4.69) is 20.8 Å². The van der Waals surface area contributed by atoms with Gasteiger partial charge in [-0.3, -0.25) is 10.2 Å². The largest absolute Gasteiger partial charge is 0.493 e. The fourth-order valence-corrected chi connectivity index (χ4v) is 2.56. The number of halogens is 4. The van der Waals surface area contributed by atoms with Gasteiger partial charge in [-0.15, -0.1) is 0 Å². The van der Waals surface area contributed by atoms with Crippen LogP contribution in [0.2, 0.25) is 0 Å². The molecule has 1 aromatic heterocycles. The third-order valence-electron chi connectivity index (χ3n) is 4.16. The second-order valence-corrected chi connectivity index (χ2v) is 6.55. The Balaban J connectivity index is 1.56. The molecule has 3 aromatic rings. The van der Waals surface area contributed by atoms with E-state index in [4.69, 9.17) is 9.47 Å². The van der Waals surface area contributed by atoms with E-state index in [1.807, 2.05) is 0 Å². The number of pyridine rings is 1. The van der Waals surface area contributed by atoms with Crippen LogP contribution in [0.1, 0.15) is 11.1 Å². The first-order chi connectivity index (χ1) is 15.7. The number of amides is 1. The first-order valence-electron chi connectivity index (χ1n) is 9.43. The summed E-state index contributed by atoms with van der Waals surface area (Å²) in [6.07, 6.45) is -2.34. The lowest BCUT2D eigenvalue weighted by Crippen LogP contribution is -2.20. The molecular weight excluding hydrogens is 444 g/mol. The summed E-state index contributed by atoms with van der Waals surface area (Å²) in [5, 5.41) is 6.50. The molecule has 0 radical (unpaired) electrons. The molecule has 2 N–H and O–H groups in total. The molecule has 0 aliphatic heterocycles. The molecule has 33 heavy (non-hydrogen) atoms. The molecule has 172 valence electrons. The molecule has 0 fully saturated rings. The molecule has 0 saturated carbocycles. The lowest BCUT2D eigenvalue weighted by Gasteiger charge is -2.11. The Morgan fingerprint density at radius 1 is 1.09 bits per heavy atom. The highest BCUT2D eigenvalue weighted by molar-refractivity contribution is 5.91. The van der Waals surface area contributed by atoms with Crippen LogP contribution >= 0.6 is 0 Å². The van der Waals surface area contributed by atoms with Crippen LogP contribution in [0.5, 0.6) is 11.5 Å². The Morgan fingerprint density at radius 2 is 1.85 bits per heavy atom. The van der Waals surface area contributed by atoms with Gasteiger partial charge in [0.05, 0.1) is 18.9 Å². The summed E-state index contributed by atoms with van der Waals surface area (Å²) in [5.41, 5.74) is 2.70. The highest BCUT2D eigenvalue weighted by atomic mass is 19.4. The van der Waals surface area contributed by atoms with Gasteiger partial charge in [-0.05, 0) is 60.2 Å². The van der Waals surface area contributed by atoms with Gasteiger partial charge in [0, 0.05) is 11.9 Å². The lowest BCUT2D eigenvalue weighted by molar-refractivity contribution is -0.137. The number of hydrogen-bond acceptors (Lipinski definition) is 6. The van der Waals surface area contributed by atoms with Gasteiger partial charge in [0.15, 0.2) is 18.1 Å². The fourth-order valence-electron chi connectivity index (χ4n) is 2.56. The monoisotopic (exact) mass is 462 g/mol. The molecule has 11 heteroatoms. The zero-order chi connectivity index (χ0) is 23.8. The Morgan fingerprint density at radius 3 is 2.48 bits per heavy atom. The highest BCUT2D eigenvalue weighted by Crippen LogP contribution is 2.29. The van der Waals surface area contributed by atoms with Crippen molar-refractivity contribution in [2.75, 3.05) is 24.5 Å². The molecule has 7 nitrogen and oxygen atoms in total. The van der Waals surface area contributed by atoms with Crippen molar-refractivity contribution in [3.8, 4) is 11.5 Å². The van der Waals surface area contributed by atoms with Gasteiger partial charge < -0.3 is 14.8 Å². The second kappa shape index (κ2) is 10.4.